The van der Waals surface area contributed by atoms with Crippen LogP contribution in [0.3, 0.4) is 0 Å². The molecule has 3 heterocycles. The highest BCUT2D eigenvalue weighted by Gasteiger charge is 2.17. The van der Waals surface area contributed by atoms with Gasteiger partial charge in [-0.2, -0.15) is 0 Å². The second-order valence-electron chi connectivity index (χ2n) is 6.51. The van der Waals surface area contributed by atoms with Gasteiger partial charge in [-0.25, -0.2) is 9.97 Å². The average Bonchev–Trinajstić information content (AvgIpc) is 3.30. The number of rotatable bonds is 4. The number of carbonyl (C=O) groups is 1. The lowest BCUT2D eigenvalue weighted by atomic mass is 10.1. The molecule has 7 nitrogen and oxygen atoms in total. The van der Waals surface area contributed by atoms with Gasteiger partial charge in [0.25, 0.3) is 5.91 Å². The Hall–Kier alpha value is -2.83. The van der Waals surface area contributed by atoms with Crippen LogP contribution in [0.1, 0.15) is 62.9 Å². The summed E-state index contributed by atoms with van der Waals surface area (Å²) in [5.41, 5.74) is 7.57. The molecule has 3 N–H and O–H groups in total. The van der Waals surface area contributed by atoms with Gasteiger partial charge in [-0.1, -0.05) is 39.5 Å². The van der Waals surface area contributed by atoms with Crippen LogP contribution in [0, 0.1) is 0 Å². The number of anilines is 1. The maximum Gasteiger partial charge on any atom is 0.284 e. The number of carbonyl (C=O) groups excluding carboxylic acids is 1. The number of amides is 1. The second-order valence-corrected chi connectivity index (χ2v) is 6.51. The van der Waals surface area contributed by atoms with Crippen molar-refractivity contribution in [1.29, 1.82) is 0 Å². The number of hydrogen-bond donors (Lipinski definition) is 2. The van der Waals surface area contributed by atoms with E-state index in [1.165, 1.54) is 44.8 Å². The van der Waals surface area contributed by atoms with Crippen molar-refractivity contribution < 1.29 is 9.21 Å². The van der Waals surface area contributed by atoms with Crippen molar-refractivity contribution >= 4 is 17.4 Å². The Bertz CT molecular complexity index is 891. The van der Waals surface area contributed by atoms with E-state index in [1.54, 1.807) is 18.5 Å². The smallest absolute Gasteiger partial charge is 0.284 e. The van der Waals surface area contributed by atoms with Gasteiger partial charge in [0.15, 0.2) is 17.2 Å². The van der Waals surface area contributed by atoms with Gasteiger partial charge in [0.1, 0.15) is 6.26 Å². The Morgan fingerprint density at radius 3 is 2.63 bits per heavy atom. The predicted molar refractivity (Wildman–Crippen MR) is 106 cm³/mol. The van der Waals surface area contributed by atoms with E-state index < -0.39 is 5.91 Å². The number of primary amides is 1. The molecule has 0 spiro atoms. The monoisotopic (exact) mass is 369 g/mol. The van der Waals surface area contributed by atoms with Gasteiger partial charge < -0.3 is 15.5 Å². The van der Waals surface area contributed by atoms with Crippen LogP contribution in [0.5, 0.6) is 0 Å². The predicted octanol–water partition coefficient (Wildman–Crippen LogP) is 4.25. The van der Waals surface area contributed by atoms with E-state index in [0.29, 0.717) is 6.04 Å². The second kappa shape index (κ2) is 8.70. The van der Waals surface area contributed by atoms with Gasteiger partial charge >= 0.3 is 0 Å². The van der Waals surface area contributed by atoms with E-state index in [0.717, 1.165) is 22.7 Å². The summed E-state index contributed by atoms with van der Waals surface area (Å²) in [7, 11) is 0. The Kier molecular flexibility index (Phi) is 6.11. The number of aromatic nitrogens is 3. The van der Waals surface area contributed by atoms with Crippen LogP contribution in [0.25, 0.3) is 16.9 Å². The minimum absolute atomic E-state index is 0.129. The molecule has 3 aromatic rings. The van der Waals surface area contributed by atoms with E-state index in [4.69, 9.17) is 10.2 Å². The first kappa shape index (κ1) is 18.9. The molecule has 0 saturated heterocycles. The summed E-state index contributed by atoms with van der Waals surface area (Å²) in [6, 6.07) is 2.06. The minimum atomic E-state index is -0.590. The molecule has 0 aliphatic heterocycles. The van der Waals surface area contributed by atoms with E-state index in [1.807, 2.05) is 24.4 Å². The number of hydrogen-bond acceptors (Lipinski definition) is 5. The third-order valence-corrected chi connectivity index (χ3v) is 4.76. The molecule has 1 aliphatic carbocycles. The topological polar surface area (TPSA) is 98.5 Å². The van der Waals surface area contributed by atoms with E-state index >= 15 is 0 Å². The Morgan fingerprint density at radius 1 is 1.22 bits per heavy atom. The van der Waals surface area contributed by atoms with Crippen LogP contribution in [0.15, 0.2) is 35.3 Å². The fourth-order valence-corrected chi connectivity index (χ4v) is 3.45. The van der Waals surface area contributed by atoms with Crippen molar-refractivity contribution in [2.24, 2.45) is 5.73 Å². The molecule has 1 fully saturated rings. The molecule has 27 heavy (non-hydrogen) atoms. The lowest BCUT2D eigenvalue weighted by Crippen LogP contribution is -2.19. The molecule has 0 radical (unpaired) electrons. The van der Waals surface area contributed by atoms with Gasteiger partial charge in [-0.15, -0.1) is 0 Å². The van der Waals surface area contributed by atoms with Gasteiger partial charge in [-0.05, 0) is 18.9 Å². The average molecular weight is 369 g/mol. The maximum absolute atomic E-state index is 11.2. The Labute approximate surface area is 159 Å². The van der Waals surface area contributed by atoms with Crippen molar-refractivity contribution in [3.8, 4) is 11.3 Å². The highest BCUT2D eigenvalue weighted by atomic mass is 16.3. The third kappa shape index (κ3) is 4.13. The molecular weight excluding hydrogens is 342 g/mol. The van der Waals surface area contributed by atoms with E-state index in [-0.39, 0.29) is 5.76 Å². The Morgan fingerprint density at radius 2 is 1.96 bits per heavy atom. The molecule has 0 bridgehead atoms. The molecule has 1 amide bonds. The third-order valence-electron chi connectivity index (χ3n) is 4.76. The molecule has 1 aliphatic rings. The highest BCUT2D eigenvalue weighted by Crippen LogP contribution is 2.27. The standard InChI is InChI=1S/C18H21N5O2.C2H6/c19-16(24)15-9-12(11-25-15)14-10-21-17(18-20-7-8-23(14)18)22-13-5-3-1-2-4-6-13;1-2/h7-11,13H,1-6H2,(H2,19,24)(H,21,22);1-2H3. The van der Waals surface area contributed by atoms with Crippen molar-refractivity contribution in [3.05, 3.63) is 36.7 Å². The van der Waals surface area contributed by atoms with Gasteiger partial charge in [0, 0.05) is 24.0 Å². The fraction of sp³-hybridized carbons (Fsp3) is 0.450. The molecule has 0 unspecified atom stereocenters. The summed E-state index contributed by atoms with van der Waals surface area (Å²) in [6.07, 6.45) is 14.4. The first-order valence-electron chi connectivity index (χ1n) is 9.69. The molecule has 7 heteroatoms. The first-order valence-corrected chi connectivity index (χ1v) is 9.69. The number of furan rings is 1. The Balaban J connectivity index is 0.00000102. The van der Waals surface area contributed by atoms with Gasteiger partial charge in [0.05, 0.1) is 11.9 Å². The summed E-state index contributed by atoms with van der Waals surface area (Å²) in [5.74, 6) is 0.330. The van der Waals surface area contributed by atoms with Gasteiger partial charge in [0.2, 0.25) is 0 Å². The largest absolute Gasteiger partial charge is 0.458 e. The first-order chi connectivity index (χ1) is 13.2. The molecule has 0 aromatic carbocycles. The van der Waals surface area contributed by atoms with E-state index in [2.05, 4.69) is 15.3 Å². The highest BCUT2D eigenvalue weighted by molar-refractivity contribution is 5.91. The number of fused-ring (bicyclic) bond motifs is 1. The molecular formula is C20H27N5O2. The summed E-state index contributed by atoms with van der Waals surface area (Å²) in [6.45, 7) is 4.00. The van der Waals surface area contributed by atoms with Crippen molar-refractivity contribution in [2.75, 3.05) is 5.32 Å². The van der Waals surface area contributed by atoms with Crippen LogP contribution < -0.4 is 11.1 Å². The molecule has 4 rings (SSSR count). The minimum Gasteiger partial charge on any atom is -0.458 e. The molecule has 3 aromatic heterocycles. The number of nitrogens with one attached hydrogen (secondary N) is 1. The molecule has 144 valence electrons. The van der Waals surface area contributed by atoms with Crippen LogP contribution in [-0.2, 0) is 0 Å². The lowest BCUT2D eigenvalue weighted by Gasteiger charge is -2.17. The van der Waals surface area contributed by atoms with Crippen molar-refractivity contribution in [2.45, 2.75) is 58.4 Å². The van der Waals surface area contributed by atoms with Crippen molar-refractivity contribution in [3.63, 3.8) is 0 Å². The summed E-state index contributed by atoms with van der Waals surface area (Å²) < 4.78 is 7.17. The normalized spacial score (nSPS) is 15.0. The molecule has 0 atom stereocenters. The van der Waals surface area contributed by atoms with Crippen LogP contribution in [-0.4, -0.2) is 26.3 Å². The van der Waals surface area contributed by atoms with Crippen molar-refractivity contribution in [1.82, 2.24) is 14.4 Å². The zero-order valence-corrected chi connectivity index (χ0v) is 15.9. The SMILES string of the molecule is CC.NC(=O)c1cc(-c2cnc(NC3CCCCCC3)c3nccn23)co1. The zero-order valence-electron chi connectivity index (χ0n) is 15.9. The maximum atomic E-state index is 11.2. The zero-order chi connectivity index (χ0) is 19.2. The number of nitrogens with zero attached hydrogens (tertiary/aromatic N) is 3. The fourth-order valence-electron chi connectivity index (χ4n) is 3.45. The molecule has 1 saturated carbocycles. The van der Waals surface area contributed by atoms with Crippen LogP contribution in [0.4, 0.5) is 5.82 Å². The quantitative estimate of drug-likeness (QED) is 0.670. The van der Waals surface area contributed by atoms with E-state index in [9.17, 15) is 4.79 Å². The van der Waals surface area contributed by atoms with Crippen LogP contribution in [0.2, 0.25) is 0 Å². The summed E-state index contributed by atoms with van der Waals surface area (Å²) in [4.78, 5) is 20.3. The number of imidazole rings is 1. The van der Waals surface area contributed by atoms with Crippen LogP contribution >= 0.6 is 0 Å². The lowest BCUT2D eigenvalue weighted by molar-refractivity contribution is 0.0974. The summed E-state index contributed by atoms with van der Waals surface area (Å²) >= 11 is 0. The van der Waals surface area contributed by atoms with Gasteiger partial charge in [-0.3, -0.25) is 9.20 Å². The summed E-state index contributed by atoms with van der Waals surface area (Å²) in [5, 5.41) is 3.56. The number of nitrogens with two attached hydrogens (primary N) is 1.